The van der Waals surface area contributed by atoms with E-state index in [9.17, 15) is 4.79 Å². The third-order valence-corrected chi connectivity index (χ3v) is 2.79. The van der Waals surface area contributed by atoms with Gasteiger partial charge in [-0.1, -0.05) is 18.2 Å². The molecule has 0 saturated heterocycles. The van der Waals surface area contributed by atoms with E-state index in [2.05, 4.69) is 11.4 Å². The number of carboxylic acids is 1. The molecule has 0 aliphatic carbocycles. The molecule has 1 aliphatic rings. The van der Waals surface area contributed by atoms with Crippen LogP contribution in [0.3, 0.4) is 0 Å². The van der Waals surface area contributed by atoms with Crippen LogP contribution in [-0.2, 0) is 11.2 Å². The molecule has 0 amide bonds. The van der Waals surface area contributed by atoms with Gasteiger partial charge in [-0.2, -0.15) is 0 Å². The molecule has 1 aromatic rings. The van der Waals surface area contributed by atoms with Crippen LogP contribution in [0.15, 0.2) is 18.2 Å². The standard InChI is InChI=1S/C12H14NO2/c14-12(15)6-5-11-10-4-2-1-3-9(10)7-8-13-11/h2-4,11,13H,5-8H2,(H,14,15). The summed E-state index contributed by atoms with van der Waals surface area (Å²) in [6.45, 7) is 0.926. The molecule has 1 heterocycles. The van der Waals surface area contributed by atoms with Crippen molar-refractivity contribution in [3.05, 3.63) is 35.4 Å². The van der Waals surface area contributed by atoms with E-state index >= 15 is 0 Å². The van der Waals surface area contributed by atoms with Crippen LogP contribution in [-0.4, -0.2) is 17.6 Å². The maximum atomic E-state index is 10.5. The molecule has 1 aromatic carbocycles. The number of benzene rings is 1. The quantitative estimate of drug-likeness (QED) is 0.785. The number of rotatable bonds is 3. The van der Waals surface area contributed by atoms with Crippen LogP contribution in [0.5, 0.6) is 0 Å². The molecular weight excluding hydrogens is 190 g/mol. The summed E-state index contributed by atoms with van der Waals surface area (Å²) >= 11 is 0. The zero-order valence-corrected chi connectivity index (χ0v) is 8.49. The number of carboxylic acid groups (broad SMARTS) is 1. The van der Waals surface area contributed by atoms with E-state index in [4.69, 9.17) is 5.11 Å². The Morgan fingerprint density at radius 2 is 2.53 bits per heavy atom. The Morgan fingerprint density at radius 1 is 1.67 bits per heavy atom. The van der Waals surface area contributed by atoms with Gasteiger partial charge in [-0.05, 0) is 36.6 Å². The van der Waals surface area contributed by atoms with Gasteiger partial charge in [0.25, 0.3) is 0 Å². The van der Waals surface area contributed by atoms with Crippen LogP contribution in [0, 0.1) is 6.07 Å². The lowest BCUT2D eigenvalue weighted by molar-refractivity contribution is -0.137. The molecule has 3 nitrogen and oxygen atoms in total. The predicted octanol–water partition coefficient (Wildman–Crippen LogP) is 1.54. The van der Waals surface area contributed by atoms with Crippen LogP contribution >= 0.6 is 0 Å². The summed E-state index contributed by atoms with van der Waals surface area (Å²) in [4.78, 5) is 10.5. The summed E-state index contributed by atoms with van der Waals surface area (Å²) in [7, 11) is 0. The highest BCUT2D eigenvalue weighted by Crippen LogP contribution is 2.25. The number of hydrogen-bond acceptors (Lipinski definition) is 2. The summed E-state index contributed by atoms with van der Waals surface area (Å²) < 4.78 is 0. The second-order valence-electron chi connectivity index (χ2n) is 3.81. The monoisotopic (exact) mass is 204 g/mol. The zero-order valence-electron chi connectivity index (χ0n) is 8.49. The molecular formula is C12H14NO2. The van der Waals surface area contributed by atoms with Gasteiger partial charge in [0.2, 0.25) is 0 Å². The molecule has 0 saturated carbocycles. The highest BCUT2D eigenvalue weighted by atomic mass is 16.4. The maximum absolute atomic E-state index is 10.5. The van der Waals surface area contributed by atoms with Crippen LogP contribution in [0.4, 0.5) is 0 Å². The molecule has 3 heteroatoms. The van der Waals surface area contributed by atoms with Gasteiger partial charge in [0.05, 0.1) is 0 Å². The van der Waals surface area contributed by atoms with Gasteiger partial charge in [0, 0.05) is 12.5 Å². The van der Waals surface area contributed by atoms with E-state index in [1.165, 1.54) is 11.1 Å². The second-order valence-corrected chi connectivity index (χ2v) is 3.81. The minimum absolute atomic E-state index is 0.194. The minimum Gasteiger partial charge on any atom is -0.481 e. The highest BCUT2D eigenvalue weighted by molar-refractivity contribution is 5.66. The van der Waals surface area contributed by atoms with Crippen LogP contribution in [0.25, 0.3) is 0 Å². The Labute approximate surface area is 89.1 Å². The van der Waals surface area contributed by atoms with Crippen molar-refractivity contribution in [1.82, 2.24) is 5.32 Å². The summed E-state index contributed by atoms with van der Waals surface area (Å²) in [5.41, 5.74) is 2.54. The van der Waals surface area contributed by atoms with Crippen molar-refractivity contribution in [2.45, 2.75) is 25.3 Å². The molecule has 2 N–H and O–H groups in total. The van der Waals surface area contributed by atoms with Crippen molar-refractivity contribution in [2.24, 2.45) is 0 Å². The third kappa shape index (κ3) is 2.36. The molecule has 1 radical (unpaired) electrons. The molecule has 15 heavy (non-hydrogen) atoms. The average molecular weight is 204 g/mol. The van der Waals surface area contributed by atoms with E-state index in [0.717, 1.165) is 13.0 Å². The van der Waals surface area contributed by atoms with Gasteiger partial charge < -0.3 is 10.4 Å². The molecule has 0 aromatic heterocycles. The lowest BCUT2D eigenvalue weighted by Gasteiger charge is -2.26. The summed E-state index contributed by atoms with van der Waals surface area (Å²) in [6.07, 6.45) is 1.89. The van der Waals surface area contributed by atoms with Gasteiger partial charge in [0.1, 0.15) is 0 Å². The number of carbonyl (C=O) groups is 1. The molecule has 0 fully saturated rings. The Bertz CT molecular complexity index is 362. The first-order valence-corrected chi connectivity index (χ1v) is 5.21. The zero-order chi connectivity index (χ0) is 10.7. The smallest absolute Gasteiger partial charge is 0.303 e. The third-order valence-electron chi connectivity index (χ3n) is 2.79. The van der Waals surface area contributed by atoms with Crippen molar-refractivity contribution in [2.75, 3.05) is 6.54 Å². The van der Waals surface area contributed by atoms with E-state index in [1.54, 1.807) is 0 Å². The van der Waals surface area contributed by atoms with Crippen molar-refractivity contribution in [3.8, 4) is 0 Å². The van der Waals surface area contributed by atoms with Gasteiger partial charge >= 0.3 is 5.97 Å². The fourth-order valence-electron chi connectivity index (χ4n) is 2.05. The van der Waals surface area contributed by atoms with E-state index in [1.807, 2.05) is 18.2 Å². The van der Waals surface area contributed by atoms with Crippen LogP contribution < -0.4 is 5.32 Å². The Morgan fingerprint density at radius 3 is 3.33 bits per heavy atom. The number of aliphatic carboxylic acids is 1. The van der Waals surface area contributed by atoms with Gasteiger partial charge in [0.15, 0.2) is 0 Å². The SMILES string of the molecule is O=C(O)CCC1NCCc2c[c]ccc21. The molecule has 0 spiro atoms. The second kappa shape index (κ2) is 4.45. The van der Waals surface area contributed by atoms with Crippen molar-refractivity contribution < 1.29 is 9.90 Å². The van der Waals surface area contributed by atoms with Gasteiger partial charge in [-0.25, -0.2) is 0 Å². The molecule has 2 rings (SSSR count). The van der Waals surface area contributed by atoms with Gasteiger partial charge in [-0.3, -0.25) is 4.79 Å². The van der Waals surface area contributed by atoms with E-state index in [0.29, 0.717) is 6.42 Å². The number of fused-ring (bicyclic) bond motifs is 1. The number of hydrogen-bond donors (Lipinski definition) is 2. The minimum atomic E-state index is -0.730. The predicted molar refractivity (Wildman–Crippen MR) is 56.6 cm³/mol. The van der Waals surface area contributed by atoms with Crippen LogP contribution in [0.2, 0.25) is 0 Å². The fourth-order valence-corrected chi connectivity index (χ4v) is 2.05. The molecule has 1 unspecified atom stereocenters. The van der Waals surface area contributed by atoms with Gasteiger partial charge in [-0.15, -0.1) is 0 Å². The Hall–Kier alpha value is -1.35. The fraction of sp³-hybridized carbons (Fsp3) is 0.417. The highest BCUT2D eigenvalue weighted by Gasteiger charge is 2.19. The van der Waals surface area contributed by atoms with E-state index in [-0.39, 0.29) is 12.5 Å². The Balaban J connectivity index is 2.11. The van der Waals surface area contributed by atoms with Crippen molar-refractivity contribution >= 4 is 5.97 Å². The largest absolute Gasteiger partial charge is 0.481 e. The molecule has 1 aliphatic heterocycles. The molecule has 0 bridgehead atoms. The number of nitrogens with one attached hydrogen (secondary N) is 1. The summed E-state index contributed by atoms with van der Waals surface area (Å²) in [5.74, 6) is -0.730. The lowest BCUT2D eigenvalue weighted by Crippen LogP contribution is -2.30. The van der Waals surface area contributed by atoms with Crippen molar-refractivity contribution in [3.63, 3.8) is 0 Å². The lowest BCUT2D eigenvalue weighted by atomic mass is 9.92. The maximum Gasteiger partial charge on any atom is 0.303 e. The van der Waals surface area contributed by atoms with E-state index < -0.39 is 5.97 Å². The first kappa shape index (κ1) is 10.2. The normalized spacial score (nSPS) is 19.6. The average Bonchev–Trinajstić information content (AvgIpc) is 2.26. The van der Waals surface area contributed by atoms with Crippen molar-refractivity contribution in [1.29, 1.82) is 0 Å². The molecule has 1 atom stereocenters. The van der Waals surface area contributed by atoms with Crippen LogP contribution in [0.1, 0.15) is 30.0 Å². The first-order valence-electron chi connectivity index (χ1n) is 5.21. The summed E-state index contributed by atoms with van der Waals surface area (Å²) in [5, 5.41) is 12.0. The Kier molecular flexibility index (Phi) is 3.02. The first-order chi connectivity index (χ1) is 7.27. The molecule has 79 valence electrons. The summed E-state index contributed by atoms with van der Waals surface area (Å²) in [6, 6.07) is 9.18. The topological polar surface area (TPSA) is 49.3 Å².